The molecule has 0 unspecified atom stereocenters. The first-order valence-corrected chi connectivity index (χ1v) is 11.5. The molecule has 0 spiro atoms. The molecule has 1 aliphatic heterocycles. The van der Waals surface area contributed by atoms with Gasteiger partial charge in [0.05, 0.1) is 4.91 Å². The van der Waals surface area contributed by atoms with E-state index < -0.39 is 17.1 Å². The maximum absolute atomic E-state index is 12.8. The zero-order valence-corrected chi connectivity index (χ0v) is 19.2. The fourth-order valence-electron chi connectivity index (χ4n) is 3.47. The zero-order chi connectivity index (χ0) is 22.0. The van der Waals surface area contributed by atoms with Crippen molar-refractivity contribution in [2.75, 3.05) is 11.9 Å². The first kappa shape index (κ1) is 21.4. The number of fused-ring (bicyclic) bond motifs is 1. The molecule has 1 aromatic heterocycles. The second kappa shape index (κ2) is 9.11. The van der Waals surface area contributed by atoms with Crippen LogP contribution in [0, 0.1) is 0 Å². The van der Waals surface area contributed by atoms with Crippen molar-refractivity contribution in [3.05, 3.63) is 69.7 Å². The van der Waals surface area contributed by atoms with Crippen LogP contribution in [0.4, 0.5) is 10.5 Å². The van der Waals surface area contributed by atoms with E-state index in [-0.39, 0.29) is 6.54 Å². The van der Waals surface area contributed by atoms with Crippen LogP contribution in [-0.4, -0.2) is 33.1 Å². The van der Waals surface area contributed by atoms with Crippen molar-refractivity contribution in [2.45, 2.75) is 19.9 Å². The smallest absolute Gasteiger partial charge is 0.294 e. The van der Waals surface area contributed by atoms with Gasteiger partial charge in [-0.05, 0) is 54.6 Å². The Balaban J connectivity index is 1.53. The summed E-state index contributed by atoms with van der Waals surface area (Å²) in [6.07, 6.45) is 4.73. The fourth-order valence-corrected chi connectivity index (χ4v) is 4.56. The molecular weight excluding hydrogens is 478 g/mol. The quantitative estimate of drug-likeness (QED) is 0.457. The van der Waals surface area contributed by atoms with Crippen LogP contribution in [0.1, 0.15) is 18.9 Å². The molecule has 1 saturated heterocycles. The number of rotatable bonds is 6. The Hall–Kier alpha value is -2.84. The van der Waals surface area contributed by atoms with Crippen LogP contribution in [0.3, 0.4) is 0 Å². The summed E-state index contributed by atoms with van der Waals surface area (Å²) in [5.41, 5.74) is 2.57. The number of nitrogens with zero attached hydrogens (tertiary/aromatic N) is 2. The molecule has 6 nitrogen and oxygen atoms in total. The van der Waals surface area contributed by atoms with Crippen LogP contribution >= 0.6 is 27.7 Å². The summed E-state index contributed by atoms with van der Waals surface area (Å²) in [6, 6.07) is 15.1. The van der Waals surface area contributed by atoms with Crippen molar-refractivity contribution >= 4 is 67.4 Å². The van der Waals surface area contributed by atoms with Gasteiger partial charge < -0.3 is 9.88 Å². The molecule has 3 amide bonds. The number of para-hydroxylation sites is 1. The summed E-state index contributed by atoms with van der Waals surface area (Å²) in [6.45, 7) is 2.65. The summed E-state index contributed by atoms with van der Waals surface area (Å²) in [5.74, 6) is -0.876. The van der Waals surface area contributed by atoms with Gasteiger partial charge in [-0.15, -0.1) is 0 Å². The third kappa shape index (κ3) is 4.60. The maximum Gasteiger partial charge on any atom is 0.294 e. The highest BCUT2D eigenvalue weighted by Crippen LogP contribution is 2.34. The molecule has 1 aliphatic rings. The Kier molecular flexibility index (Phi) is 6.29. The molecule has 0 radical (unpaired) electrons. The lowest BCUT2D eigenvalue weighted by Crippen LogP contribution is -2.36. The van der Waals surface area contributed by atoms with E-state index in [1.807, 2.05) is 30.5 Å². The lowest BCUT2D eigenvalue weighted by atomic mass is 10.1. The van der Waals surface area contributed by atoms with Crippen LogP contribution in [0.5, 0.6) is 0 Å². The van der Waals surface area contributed by atoms with Crippen molar-refractivity contribution in [1.82, 2.24) is 9.47 Å². The van der Waals surface area contributed by atoms with Gasteiger partial charge in [-0.2, -0.15) is 0 Å². The van der Waals surface area contributed by atoms with Crippen LogP contribution in [-0.2, 0) is 16.1 Å². The number of aromatic nitrogens is 1. The number of nitrogens with one attached hydrogen (secondary N) is 1. The van der Waals surface area contributed by atoms with Gasteiger partial charge in [-0.25, -0.2) is 0 Å². The van der Waals surface area contributed by atoms with Gasteiger partial charge in [0.15, 0.2) is 0 Å². The van der Waals surface area contributed by atoms with E-state index >= 15 is 0 Å². The molecule has 0 atom stereocenters. The minimum Gasteiger partial charge on any atom is -0.347 e. The predicted molar refractivity (Wildman–Crippen MR) is 128 cm³/mol. The highest BCUT2D eigenvalue weighted by molar-refractivity contribution is 9.10. The normalized spacial score (nSPS) is 15.3. The molecule has 3 aromatic rings. The van der Waals surface area contributed by atoms with Gasteiger partial charge in [-0.1, -0.05) is 41.1 Å². The lowest BCUT2D eigenvalue weighted by Gasteiger charge is -2.12. The number of carbonyl (C=O) groups is 3. The van der Waals surface area contributed by atoms with Gasteiger partial charge in [-0.3, -0.25) is 19.3 Å². The minimum absolute atomic E-state index is 0.320. The number of benzene rings is 2. The Morgan fingerprint density at radius 2 is 1.87 bits per heavy atom. The Labute approximate surface area is 192 Å². The number of carbonyl (C=O) groups excluding carboxylic acids is 3. The minimum atomic E-state index is -0.451. The summed E-state index contributed by atoms with van der Waals surface area (Å²) in [7, 11) is 0. The monoisotopic (exact) mass is 497 g/mol. The Morgan fingerprint density at radius 1 is 1.13 bits per heavy atom. The summed E-state index contributed by atoms with van der Waals surface area (Å²) in [4.78, 5) is 38.9. The van der Waals surface area contributed by atoms with Crippen LogP contribution < -0.4 is 5.32 Å². The van der Waals surface area contributed by atoms with Crippen molar-refractivity contribution in [3.63, 3.8) is 0 Å². The van der Waals surface area contributed by atoms with E-state index in [0.29, 0.717) is 10.6 Å². The molecule has 31 heavy (non-hydrogen) atoms. The molecule has 158 valence electrons. The number of hydrogen-bond donors (Lipinski definition) is 1. The molecule has 8 heteroatoms. The molecule has 4 rings (SSSR count). The highest BCUT2D eigenvalue weighted by atomic mass is 79.9. The average molecular weight is 498 g/mol. The molecular formula is C23H20BrN3O3S. The van der Waals surface area contributed by atoms with E-state index in [1.54, 1.807) is 30.3 Å². The molecule has 2 heterocycles. The number of anilines is 1. The van der Waals surface area contributed by atoms with Gasteiger partial charge in [0, 0.05) is 39.4 Å². The molecule has 2 aromatic carbocycles. The Morgan fingerprint density at radius 3 is 2.61 bits per heavy atom. The number of amides is 3. The second-order valence-corrected chi connectivity index (χ2v) is 9.03. The van der Waals surface area contributed by atoms with Crippen molar-refractivity contribution < 1.29 is 14.4 Å². The topological polar surface area (TPSA) is 71.4 Å². The first-order chi connectivity index (χ1) is 15.0. The number of thioether (sulfide) groups is 1. The molecule has 0 saturated carbocycles. The number of aryl methyl sites for hydroxylation is 1. The van der Waals surface area contributed by atoms with Crippen LogP contribution in [0.2, 0.25) is 0 Å². The summed E-state index contributed by atoms with van der Waals surface area (Å²) < 4.78 is 3.04. The van der Waals surface area contributed by atoms with Gasteiger partial charge >= 0.3 is 0 Å². The first-order valence-electron chi connectivity index (χ1n) is 9.85. The summed E-state index contributed by atoms with van der Waals surface area (Å²) >= 11 is 4.20. The second-order valence-electron chi connectivity index (χ2n) is 7.12. The summed E-state index contributed by atoms with van der Waals surface area (Å²) in [5, 5.41) is 3.28. The highest BCUT2D eigenvalue weighted by Gasteiger charge is 2.36. The number of hydrogen-bond acceptors (Lipinski definition) is 4. The molecule has 0 aliphatic carbocycles. The van der Waals surface area contributed by atoms with Crippen molar-refractivity contribution in [2.24, 2.45) is 0 Å². The van der Waals surface area contributed by atoms with E-state index in [9.17, 15) is 14.4 Å². The van der Waals surface area contributed by atoms with Crippen molar-refractivity contribution in [3.8, 4) is 0 Å². The van der Waals surface area contributed by atoms with E-state index in [2.05, 4.69) is 32.7 Å². The zero-order valence-electron chi connectivity index (χ0n) is 16.8. The number of halogens is 1. The van der Waals surface area contributed by atoms with E-state index in [1.165, 1.54) is 0 Å². The largest absolute Gasteiger partial charge is 0.347 e. The SMILES string of the molecule is CCCn1cc(/C=C2\SC(=O)N(CC(=O)Nc3ccc(Br)cc3)C2=O)c2ccccc21. The maximum atomic E-state index is 12.8. The lowest BCUT2D eigenvalue weighted by molar-refractivity contribution is -0.127. The number of imide groups is 1. The molecule has 1 fully saturated rings. The third-order valence-corrected chi connectivity index (χ3v) is 6.31. The van der Waals surface area contributed by atoms with Crippen LogP contribution in [0.25, 0.3) is 17.0 Å². The Bertz CT molecular complexity index is 1200. The third-order valence-electron chi connectivity index (χ3n) is 4.87. The van der Waals surface area contributed by atoms with E-state index in [4.69, 9.17) is 0 Å². The van der Waals surface area contributed by atoms with Gasteiger partial charge in [0.25, 0.3) is 11.1 Å². The van der Waals surface area contributed by atoms with Crippen molar-refractivity contribution in [1.29, 1.82) is 0 Å². The average Bonchev–Trinajstić information content (AvgIpc) is 3.22. The predicted octanol–water partition coefficient (Wildman–Crippen LogP) is 5.49. The van der Waals surface area contributed by atoms with Gasteiger partial charge in [0.2, 0.25) is 5.91 Å². The molecule has 0 bridgehead atoms. The van der Waals surface area contributed by atoms with Crippen LogP contribution in [0.15, 0.2) is 64.1 Å². The standard InChI is InChI=1S/C23H20BrN3O3S/c1-2-11-26-13-15(18-5-3-4-6-19(18)26)12-20-22(29)27(23(30)31-20)14-21(28)25-17-9-7-16(24)8-10-17/h3-10,12-13H,2,11,14H2,1H3,(H,25,28)/b20-12-. The van der Waals surface area contributed by atoms with Gasteiger partial charge in [0.1, 0.15) is 6.54 Å². The fraction of sp³-hybridized carbons (Fsp3) is 0.174. The molecule has 1 N–H and O–H groups in total. The van der Waals surface area contributed by atoms with E-state index in [0.717, 1.165) is 50.6 Å².